The molecule has 2 radical (unpaired) electrons. The Bertz CT molecular complexity index is 1320. The predicted octanol–water partition coefficient (Wildman–Crippen LogP) is -1.72. The van der Waals surface area contributed by atoms with E-state index in [-0.39, 0.29) is 64.5 Å². The Morgan fingerprint density at radius 2 is 0.654 bits per heavy atom. The average Bonchev–Trinajstić information content (AvgIpc) is 3.13. The number of nitrogens with zero attached hydrogens (tertiary/aromatic N) is 1. The lowest BCUT2D eigenvalue weighted by Crippen LogP contribution is -2.34. The lowest BCUT2D eigenvalue weighted by molar-refractivity contribution is -0.307. The van der Waals surface area contributed by atoms with E-state index in [0.717, 1.165) is 16.7 Å². The molecule has 0 bridgehead atoms. The largest absolute Gasteiger partial charge is 3.00 e. The monoisotopic (exact) mass is 722 g/mol. The van der Waals surface area contributed by atoms with Crippen molar-refractivity contribution >= 4 is 35.8 Å². The zero-order chi connectivity index (χ0) is 38.0. The Hall–Kier alpha value is -5.93. The fourth-order valence-electron chi connectivity index (χ4n) is 3.68. The van der Waals surface area contributed by atoms with E-state index in [9.17, 15) is 44.1 Å². The van der Waals surface area contributed by atoms with Gasteiger partial charge in [0.1, 0.15) is 37.9 Å². The van der Waals surface area contributed by atoms with Crippen LogP contribution < -0.4 is 38.7 Å². The lowest BCUT2D eigenvalue weighted by Gasteiger charge is -2.11. The fourth-order valence-corrected chi connectivity index (χ4v) is 3.68. The number of rotatable bonds is 18. The Morgan fingerprint density at radius 3 is 0.846 bits per heavy atom. The minimum absolute atomic E-state index is 0. The molecule has 0 aromatic heterocycles. The molecule has 16 heteroatoms. The van der Waals surface area contributed by atoms with Crippen molar-refractivity contribution in [1.29, 1.82) is 0 Å². The first-order chi connectivity index (χ1) is 24.3. The van der Waals surface area contributed by atoms with Crippen LogP contribution in [-0.4, -0.2) is 53.9 Å². The Kier molecular flexibility index (Phi) is 23.8. The molecule has 0 heterocycles. The Morgan fingerprint density at radius 1 is 0.442 bits per heavy atom. The number of hydrogen-bond donors (Lipinski definition) is 3. The molecular formula is C36H42N4O12. The van der Waals surface area contributed by atoms with Crippen molar-refractivity contribution in [3.05, 3.63) is 108 Å². The number of hydrogen-bond acceptors (Lipinski definition) is 15. The summed E-state index contributed by atoms with van der Waals surface area (Å²) >= 11 is 0. The molecule has 16 nitrogen and oxygen atoms in total. The van der Waals surface area contributed by atoms with Crippen molar-refractivity contribution in [3.8, 4) is 0 Å². The molecule has 3 rings (SSSR count). The van der Waals surface area contributed by atoms with Crippen molar-refractivity contribution in [1.82, 2.24) is 6.15 Å². The number of ether oxygens (including phenoxy) is 3. The molecule has 3 aromatic rings. The maximum Gasteiger partial charge on any atom is 3.00 e. The van der Waals surface area contributed by atoms with Gasteiger partial charge in [-0.3, -0.25) is 14.4 Å². The quantitative estimate of drug-likeness (QED) is 0.0971. The van der Waals surface area contributed by atoms with Gasteiger partial charge in [-0.15, -0.1) is 0 Å². The van der Waals surface area contributed by atoms with E-state index in [2.05, 4.69) is 0 Å². The van der Waals surface area contributed by atoms with E-state index in [1.807, 2.05) is 91.0 Å². The van der Waals surface area contributed by atoms with E-state index < -0.39 is 53.9 Å². The van der Waals surface area contributed by atoms with Crippen LogP contribution in [0.15, 0.2) is 91.0 Å². The Labute approximate surface area is 301 Å². The summed E-state index contributed by atoms with van der Waals surface area (Å²) < 4.78 is 14.8. The maximum absolute atomic E-state index is 11.4. The van der Waals surface area contributed by atoms with E-state index in [0.29, 0.717) is 0 Å². The summed E-state index contributed by atoms with van der Waals surface area (Å²) in [6, 6.07) is 24.7. The highest BCUT2D eigenvalue weighted by Crippen LogP contribution is 2.06. The molecule has 0 unspecified atom stereocenters. The second-order valence-corrected chi connectivity index (χ2v) is 10.8. The smallest absolute Gasteiger partial charge is 0.550 e. The van der Waals surface area contributed by atoms with Gasteiger partial charge in [0.2, 0.25) is 0 Å². The molecule has 3 aromatic carbocycles. The molecule has 278 valence electrons. The van der Waals surface area contributed by atoms with Crippen molar-refractivity contribution in [2.75, 3.05) is 0 Å². The summed E-state index contributed by atoms with van der Waals surface area (Å²) in [6.07, 6.45) is -0.674. The van der Waals surface area contributed by atoms with E-state index in [1.54, 1.807) is 0 Å². The number of carbonyl (C=O) groups excluding carboxylic acids is 6. The fraction of sp³-hybridized carbons (Fsp3) is 0.333. The number of benzene rings is 3. The predicted molar refractivity (Wildman–Crippen MR) is 177 cm³/mol. The molecule has 6 N–H and O–H groups in total. The number of aliphatic carboxylic acids is 3. The van der Waals surface area contributed by atoms with Crippen LogP contribution in [-0.2, 0) is 62.8 Å². The molecular weight excluding hydrogens is 680 g/mol. The van der Waals surface area contributed by atoms with E-state index in [1.165, 1.54) is 0 Å². The summed E-state index contributed by atoms with van der Waals surface area (Å²) in [5.74, 6) is -5.48. The first-order valence-corrected chi connectivity index (χ1v) is 15.8. The van der Waals surface area contributed by atoms with Crippen LogP contribution in [0.4, 0.5) is 0 Å². The van der Waals surface area contributed by atoms with Crippen molar-refractivity contribution in [2.45, 2.75) is 76.5 Å². The first-order valence-electron chi connectivity index (χ1n) is 15.8. The standard InChI is InChI=1S/3C12H15NO4.N/c3*13-10(6-7-11(14)15)12(16)17-8-9-4-2-1-3-5-9;/h3*1-5,10H,6-8,13H2,(H,14,15);/q;;;+3/p-3/t3*10-;/m000./s1. The number of carboxylic acids is 3. The van der Waals surface area contributed by atoms with Gasteiger partial charge in [-0.05, 0) is 55.2 Å². The zero-order valence-corrected chi connectivity index (χ0v) is 28.3. The molecule has 0 amide bonds. The van der Waals surface area contributed by atoms with Crippen molar-refractivity contribution < 1.29 is 58.3 Å². The van der Waals surface area contributed by atoms with Crippen LogP contribution in [0.25, 0.3) is 0 Å². The summed E-state index contributed by atoms with van der Waals surface area (Å²) in [5, 5.41) is 30.6. The SMILES string of the molecule is N[C@@H](CCC(=O)[O-])C(=O)OCc1ccccc1.N[C@@H](CCC(=O)[O-])C(=O)OCc1ccccc1.N[C@@H](CCC(=O)[O-])C(=O)OCc1ccccc1.[N+3]. The van der Waals surface area contributed by atoms with Crippen LogP contribution in [0, 0.1) is 0 Å². The Balaban J connectivity index is 0.000000743. The van der Waals surface area contributed by atoms with Crippen molar-refractivity contribution in [3.63, 3.8) is 0 Å². The highest BCUT2D eigenvalue weighted by Gasteiger charge is 3.00. The van der Waals surface area contributed by atoms with Gasteiger partial charge < -0.3 is 61.1 Å². The van der Waals surface area contributed by atoms with Gasteiger partial charge in [-0.25, -0.2) is 0 Å². The first kappa shape index (κ1) is 46.1. The van der Waals surface area contributed by atoms with Crippen LogP contribution >= 0.6 is 0 Å². The van der Waals surface area contributed by atoms with Gasteiger partial charge >= 0.3 is 24.1 Å². The number of esters is 3. The van der Waals surface area contributed by atoms with Crippen LogP contribution in [0.2, 0.25) is 0 Å². The molecule has 0 saturated heterocycles. The lowest BCUT2D eigenvalue weighted by atomic mass is 10.2. The summed E-state index contributed by atoms with van der Waals surface area (Å²) in [4.78, 5) is 64.7. The third-order valence-corrected chi connectivity index (χ3v) is 6.56. The third-order valence-electron chi connectivity index (χ3n) is 6.56. The molecule has 0 aliphatic rings. The second-order valence-electron chi connectivity index (χ2n) is 10.8. The van der Waals surface area contributed by atoms with Crippen LogP contribution in [0.1, 0.15) is 55.2 Å². The zero-order valence-electron chi connectivity index (χ0n) is 28.3. The number of carbonyl (C=O) groups is 6. The number of carboxylic acid groups (broad SMARTS) is 3. The minimum atomic E-state index is -1.23. The number of nitrogens with two attached hydrogens (primary N) is 3. The van der Waals surface area contributed by atoms with Gasteiger partial charge in [-0.2, -0.15) is 0 Å². The van der Waals surface area contributed by atoms with Gasteiger partial charge in [0.25, 0.3) is 0 Å². The van der Waals surface area contributed by atoms with Gasteiger partial charge in [0, 0.05) is 17.9 Å². The molecule has 0 aliphatic carbocycles. The summed E-state index contributed by atoms with van der Waals surface area (Å²) in [5.41, 5.74) is 19.0. The molecule has 0 aliphatic heterocycles. The second kappa shape index (κ2) is 26.9. The van der Waals surface area contributed by atoms with Crippen molar-refractivity contribution in [2.24, 2.45) is 17.2 Å². The molecule has 3 atom stereocenters. The van der Waals surface area contributed by atoms with E-state index >= 15 is 0 Å². The molecule has 0 saturated carbocycles. The third kappa shape index (κ3) is 22.7. The molecule has 52 heavy (non-hydrogen) atoms. The van der Waals surface area contributed by atoms with Gasteiger partial charge in [0.15, 0.2) is 0 Å². The van der Waals surface area contributed by atoms with Crippen LogP contribution in [0.3, 0.4) is 0 Å². The summed E-state index contributed by atoms with van der Waals surface area (Å²) in [6.45, 7) is 0.413. The molecule has 0 spiro atoms. The average molecular weight is 723 g/mol. The van der Waals surface area contributed by atoms with Gasteiger partial charge in [0.05, 0.1) is 0 Å². The molecule has 0 fully saturated rings. The normalized spacial score (nSPS) is 11.6. The van der Waals surface area contributed by atoms with E-state index in [4.69, 9.17) is 31.4 Å². The highest BCUT2D eigenvalue weighted by atomic mass is 16.5. The summed E-state index contributed by atoms with van der Waals surface area (Å²) in [7, 11) is 0. The maximum atomic E-state index is 11.4. The minimum Gasteiger partial charge on any atom is -0.550 e. The van der Waals surface area contributed by atoms with Crippen LogP contribution in [0.5, 0.6) is 0 Å². The topological polar surface area (TPSA) is 308 Å². The van der Waals surface area contributed by atoms with Gasteiger partial charge in [-0.1, -0.05) is 91.0 Å². The highest BCUT2D eigenvalue weighted by molar-refractivity contribution is 5.77.